The van der Waals surface area contributed by atoms with Gasteiger partial charge in [-0.2, -0.15) is 0 Å². The molecular formula is C32H35N5O2. The Morgan fingerprint density at radius 1 is 1.05 bits per heavy atom. The SMILES string of the molecule is Cc1[nH]c2ccccc2c1C1CCN(CCC2c3ccccc3CCN2C(=O)N2C=Cc3oncc3C2)CC1. The van der Waals surface area contributed by atoms with Crippen molar-refractivity contribution in [3.05, 3.63) is 94.6 Å². The maximum absolute atomic E-state index is 13.8. The molecule has 7 heteroatoms. The van der Waals surface area contributed by atoms with Crippen LogP contribution in [-0.2, 0) is 13.0 Å². The summed E-state index contributed by atoms with van der Waals surface area (Å²) in [5, 5.41) is 5.27. The number of H-pyrrole nitrogens is 1. The molecular weight excluding hydrogens is 486 g/mol. The number of para-hydroxylation sites is 1. The van der Waals surface area contributed by atoms with Crippen molar-refractivity contribution in [2.24, 2.45) is 0 Å². The molecule has 0 bridgehead atoms. The first-order valence-electron chi connectivity index (χ1n) is 14.2. The number of hydrogen-bond donors (Lipinski definition) is 1. The fourth-order valence-electron chi connectivity index (χ4n) is 6.98. The van der Waals surface area contributed by atoms with Crippen LogP contribution in [0, 0.1) is 6.92 Å². The lowest BCUT2D eigenvalue weighted by molar-refractivity contribution is 0.126. The van der Waals surface area contributed by atoms with Gasteiger partial charge < -0.3 is 19.3 Å². The number of carbonyl (C=O) groups excluding carboxylic acids is 1. The minimum absolute atomic E-state index is 0.0612. The summed E-state index contributed by atoms with van der Waals surface area (Å²) in [6.07, 6.45) is 9.57. The first-order chi connectivity index (χ1) is 19.2. The maximum Gasteiger partial charge on any atom is 0.324 e. The van der Waals surface area contributed by atoms with Crippen LogP contribution >= 0.6 is 0 Å². The van der Waals surface area contributed by atoms with Crippen molar-refractivity contribution in [2.75, 3.05) is 26.2 Å². The van der Waals surface area contributed by atoms with Gasteiger partial charge >= 0.3 is 6.03 Å². The van der Waals surface area contributed by atoms with E-state index in [0.717, 1.165) is 50.3 Å². The highest BCUT2D eigenvalue weighted by molar-refractivity contribution is 5.85. The van der Waals surface area contributed by atoms with Crippen LogP contribution < -0.4 is 0 Å². The number of rotatable bonds is 4. The summed E-state index contributed by atoms with van der Waals surface area (Å²) < 4.78 is 5.27. The number of aromatic amines is 1. The molecule has 1 saturated heterocycles. The van der Waals surface area contributed by atoms with Crippen LogP contribution in [0.2, 0.25) is 0 Å². The van der Waals surface area contributed by atoms with Crippen molar-refractivity contribution in [1.29, 1.82) is 0 Å². The number of aromatic nitrogens is 2. The van der Waals surface area contributed by atoms with E-state index in [1.54, 1.807) is 11.1 Å². The molecule has 2 amide bonds. The van der Waals surface area contributed by atoms with Gasteiger partial charge in [-0.25, -0.2) is 4.79 Å². The van der Waals surface area contributed by atoms with Gasteiger partial charge in [0.25, 0.3) is 0 Å². The van der Waals surface area contributed by atoms with Gasteiger partial charge in [0.05, 0.1) is 18.8 Å². The fraction of sp³-hybridized carbons (Fsp3) is 0.375. The molecule has 7 rings (SSSR count). The van der Waals surface area contributed by atoms with Crippen LogP contribution in [0.15, 0.2) is 65.5 Å². The van der Waals surface area contributed by atoms with Crippen molar-refractivity contribution in [1.82, 2.24) is 24.8 Å². The first kappa shape index (κ1) is 24.2. The molecule has 3 aliphatic heterocycles. The van der Waals surface area contributed by atoms with Crippen molar-refractivity contribution in [3.8, 4) is 0 Å². The molecule has 1 unspecified atom stereocenters. The highest BCUT2D eigenvalue weighted by atomic mass is 16.5. The van der Waals surface area contributed by atoms with Gasteiger partial charge in [0.1, 0.15) is 0 Å². The largest absolute Gasteiger partial charge is 0.358 e. The third-order valence-corrected chi connectivity index (χ3v) is 8.98. The molecule has 5 heterocycles. The highest BCUT2D eigenvalue weighted by Crippen LogP contribution is 2.37. The normalized spacial score (nSPS) is 19.9. The summed E-state index contributed by atoms with van der Waals surface area (Å²) in [5.74, 6) is 1.34. The Kier molecular flexibility index (Phi) is 6.24. The molecule has 2 aromatic carbocycles. The predicted octanol–water partition coefficient (Wildman–Crippen LogP) is 6.24. The van der Waals surface area contributed by atoms with Gasteiger partial charge in [-0.3, -0.25) is 4.90 Å². The van der Waals surface area contributed by atoms with Crippen LogP contribution in [0.1, 0.15) is 64.9 Å². The van der Waals surface area contributed by atoms with E-state index in [4.69, 9.17) is 4.52 Å². The number of hydrogen-bond acceptors (Lipinski definition) is 4. The topological polar surface area (TPSA) is 68.6 Å². The molecule has 0 saturated carbocycles. The van der Waals surface area contributed by atoms with Gasteiger partial charge in [0.15, 0.2) is 5.76 Å². The summed E-state index contributed by atoms with van der Waals surface area (Å²) in [6.45, 7) is 6.64. The molecule has 3 aliphatic rings. The number of nitrogens with zero attached hydrogens (tertiary/aromatic N) is 4. The standard InChI is InChI=1S/C32H35N5O2/c1-22-31(27-8-4-5-9-28(27)34-22)24-10-15-35(16-11-24)17-13-29-26-7-3-2-6-23(26)12-19-37(29)32(38)36-18-14-30-25(21-36)20-33-39-30/h2-9,14,18,20,24,29,34H,10-13,15-17,19,21H2,1H3. The molecule has 7 nitrogen and oxygen atoms in total. The number of carbonyl (C=O) groups is 1. The molecule has 200 valence electrons. The minimum atomic E-state index is 0.0612. The zero-order valence-corrected chi connectivity index (χ0v) is 22.5. The maximum atomic E-state index is 13.8. The predicted molar refractivity (Wildman–Crippen MR) is 152 cm³/mol. The summed E-state index contributed by atoms with van der Waals surface area (Å²) in [6, 6.07) is 17.5. The molecule has 0 radical (unpaired) electrons. The van der Waals surface area contributed by atoms with Crippen molar-refractivity contribution in [3.63, 3.8) is 0 Å². The molecule has 4 aromatic rings. The van der Waals surface area contributed by atoms with E-state index in [2.05, 4.69) is 75.4 Å². The van der Waals surface area contributed by atoms with Gasteiger partial charge in [0.2, 0.25) is 0 Å². The molecule has 2 aromatic heterocycles. The van der Waals surface area contributed by atoms with E-state index in [-0.39, 0.29) is 12.1 Å². The molecule has 0 aliphatic carbocycles. The van der Waals surface area contributed by atoms with Crippen molar-refractivity contribution >= 4 is 23.0 Å². The van der Waals surface area contributed by atoms with Crippen LogP contribution in [0.5, 0.6) is 0 Å². The van der Waals surface area contributed by atoms with E-state index < -0.39 is 0 Å². The van der Waals surface area contributed by atoms with E-state index in [0.29, 0.717) is 12.5 Å². The molecule has 0 spiro atoms. The molecule has 1 atom stereocenters. The second-order valence-corrected chi connectivity index (χ2v) is 11.2. The Morgan fingerprint density at radius 2 is 1.87 bits per heavy atom. The van der Waals surface area contributed by atoms with E-state index in [9.17, 15) is 4.79 Å². The second-order valence-electron chi connectivity index (χ2n) is 11.2. The van der Waals surface area contributed by atoms with Crippen LogP contribution in [0.4, 0.5) is 4.79 Å². The Balaban J connectivity index is 1.04. The number of amides is 2. The average molecular weight is 522 g/mol. The van der Waals surface area contributed by atoms with Crippen LogP contribution in [-0.4, -0.2) is 57.1 Å². The quantitative estimate of drug-likeness (QED) is 0.345. The number of aryl methyl sites for hydroxylation is 1. The summed E-state index contributed by atoms with van der Waals surface area (Å²) in [4.78, 5) is 23.9. The van der Waals surface area contributed by atoms with E-state index >= 15 is 0 Å². The fourth-order valence-corrected chi connectivity index (χ4v) is 6.98. The Morgan fingerprint density at radius 3 is 2.77 bits per heavy atom. The molecule has 39 heavy (non-hydrogen) atoms. The lowest BCUT2D eigenvalue weighted by Gasteiger charge is -2.41. The van der Waals surface area contributed by atoms with Crippen molar-refractivity contribution in [2.45, 2.75) is 51.1 Å². The number of benzene rings is 2. The van der Waals surface area contributed by atoms with Gasteiger partial charge in [0, 0.05) is 47.5 Å². The lowest BCUT2D eigenvalue weighted by atomic mass is 9.87. The number of fused-ring (bicyclic) bond motifs is 3. The first-order valence-corrected chi connectivity index (χ1v) is 14.2. The number of likely N-dealkylation sites (tertiary alicyclic amines) is 1. The highest BCUT2D eigenvalue weighted by Gasteiger charge is 2.34. The Bertz CT molecular complexity index is 1530. The average Bonchev–Trinajstić information content (AvgIpc) is 3.58. The summed E-state index contributed by atoms with van der Waals surface area (Å²) >= 11 is 0. The second kappa shape index (κ2) is 10.0. The number of nitrogens with one attached hydrogen (secondary N) is 1. The zero-order chi connectivity index (χ0) is 26.3. The summed E-state index contributed by atoms with van der Waals surface area (Å²) in [7, 11) is 0. The van der Waals surface area contributed by atoms with Crippen LogP contribution in [0.3, 0.4) is 0 Å². The third-order valence-electron chi connectivity index (χ3n) is 8.98. The van der Waals surface area contributed by atoms with E-state index in [1.807, 2.05) is 12.3 Å². The minimum Gasteiger partial charge on any atom is -0.358 e. The van der Waals surface area contributed by atoms with Gasteiger partial charge in [-0.15, -0.1) is 0 Å². The Hall–Kier alpha value is -3.84. The smallest absolute Gasteiger partial charge is 0.324 e. The zero-order valence-electron chi connectivity index (χ0n) is 22.5. The lowest BCUT2D eigenvalue weighted by Crippen LogP contribution is -2.47. The summed E-state index contributed by atoms with van der Waals surface area (Å²) in [5.41, 5.74) is 7.69. The van der Waals surface area contributed by atoms with Crippen molar-refractivity contribution < 1.29 is 9.32 Å². The van der Waals surface area contributed by atoms with Gasteiger partial charge in [-0.1, -0.05) is 47.6 Å². The monoisotopic (exact) mass is 521 g/mol. The number of urea groups is 1. The Labute approximate surface area is 229 Å². The molecule has 1 fully saturated rings. The molecule has 1 N–H and O–H groups in total. The number of piperidine rings is 1. The van der Waals surface area contributed by atoms with Gasteiger partial charge in [-0.05, 0) is 74.4 Å². The van der Waals surface area contributed by atoms with Crippen LogP contribution in [0.25, 0.3) is 17.0 Å². The van der Waals surface area contributed by atoms with E-state index in [1.165, 1.54) is 46.1 Å². The third kappa shape index (κ3) is 4.44.